The molecule has 1 unspecified atom stereocenters. The van der Waals surface area contributed by atoms with Crippen molar-refractivity contribution in [2.24, 2.45) is 0 Å². The van der Waals surface area contributed by atoms with E-state index in [1.54, 1.807) is 6.08 Å². The lowest BCUT2D eigenvalue weighted by Crippen LogP contribution is -2.45. The van der Waals surface area contributed by atoms with Crippen molar-refractivity contribution in [2.45, 2.75) is 57.5 Å². The summed E-state index contributed by atoms with van der Waals surface area (Å²) in [5, 5.41) is 19.3. The third kappa shape index (κ3) is 20.1. The van der Waals surface area contributed by atoms with Gasteiger partial charge in [-0.3, -0.25) is 4.79 Å². The summed E-state index contributed by atoms with van der Waals surface area (Å²) in [6.45, 7) is 0.393. The molecule has 1 atom stereocenters. The first-order valence-corrected chi connectivity index (χ1v) is 9.99. The van der Waals surface area contributed by atoms with E-state index < -0.39 is 24.0 Å². The Labute approximate surface area is 173 Å². The Morgan fingerprint density at radius 3 is 1.93 bits per heavy atom. The minimum atomic E-state index is -1.24. The van der Waals surface area contributed by atoms with Crippen molar-refractivity contribution in [3.05, 3.63) is 36.5 Å². The minimum Gasteiger partial charge on any atom is -0.550 e. The van der Waals surface area contributed by atoms with Crippen LogP contribution in [0, 0.1) is 0 Å². The average molecular weight is 410 g/mol. The fourth-order valence-corrected chi connectivity index (χ4v) is 2.55. The summed E-state index contributed by atoms with van der Waals surface area (Å²) in [7, 11) is 5.69. The molecule has 0 aliphatic heterocycles. The summed E-state index contributed by atoms with van der Waals surface area (Å²) >= 11 is 0. The summed E-state index contributed by atoms with van der Waals surface area (Å²) in [5.41, 5.74) is 0. The molecule has 0 amide bonds. The van der Waals surface area contributed by atoms with Crippen molar-refractivity contribution >= 4 is 17.9 Å². The molecular formula is C22H35NO6. The van der Waals surface area contributed by atoms with Gasteiger partial charge in [0.2, 0.25) is 0 Å². The number of unbranched alkanes of at least 4 members (excludes halogenated alkanes) is 3. The Kier molecular flexibility index (Phi) is 14.2. The van der Waals surface area contributed by atoms with E-state index in [2.05, 4.69) is 12.2 Å². The highest BCUT2D eigenvalue weighted by atomic mass is 16.5. The van der Waals surface area contributed by atoms with Gasteiger partial charge in [0.1, 0.15) is 6.54 Å². The van der Waals surface area contributed by atoms with E-state index in [0.717, 1.165) is 25.7 Å². The highest BCUT2D eigenvalue weighted by Gasteiger charge is 2.21. The third-order valence-electron chi connectivity index (χ3n) is 3.78. The number of esters is 1. The quantitative estimate of drug-likeness (QED) is 0.138. The van der Waals surface area contributed by atoms with Gasteiger partial charge in [0.05, 0.1) is 21.1 Å². The number of likely N-dealkylation sites (N-methyl/N-ethyl adjacent to an activating group) is 1. The second-order valence-corrected chi connectivity index (χ2v) is 7.89. The number of rotatable bonds is 16. The second kappa shape index (κ2) is 15.5. The predicted octanol–water partition coefficient (Wildman–Crippen LogP) is 2.23. The topological polar surface area (TPSA) is 104 Å². The number of nitrogens with zero attached hydrogens (tertiary/aromatic N) is 1. The van der Waals surface area contributed by atoms with Gasteiger partial charge in [0.25, 0.3) is 0 Å². The van der Waals surface area contributed by atoms with Gasteiger partial charge < -0.3 is 24.2 Å². The number of hydrogen-bond acceptors (Lipinski definition) is 5. The second-order valence-electron chi connectivity index (χ2n) is 7.89. The zero-order valence-corrected chi connectivity index (χ0v) is 17.8. The molecule has 0 aromatic rings. The number of quaternary nitrogens is 1. The standard InChI is InChI=1S/C22H35NO6/c1-23(2,3)18-19(17-21(26)27)29-22(28)16-14-12-10-8-6-4-5-7-9-11-13-15-20(24)25/h6-9,14,16,19H,4-5,10-13,15,17-18H2,1-3H3,(H-,24,25,26,27)/b8-6+,9-7+,16-14+. The van der Waals surface area contributed by atoms with Gasteiger partial charge in [0.15, 0.2) is 6.10 Å². The van der Waals surface area contributed by atoms with E-state index in [-0.39, 0.29) is 12.8 Å². The molecule has 7 nitrogen and oxygen atoms in total. The van der Waals surface area contributed by atoms with Crippen molar-refractivity contribution in [1.29, 1.82) is 0 Å². The van der Waals surface area contributed by atoms with Gasteiger partial charge in [0, 0.05) is 24.9 Å². The van der Waals surface area contributed by atoms with E-state index in [4.69, 9.17) is 9.84 Å². The summed E-state index contributed by atoms with van der Waals surface area (Å²) in [5.74, 6) is -2.53. The maximum Gasteiger partial charge on any atom is 0.330 e. The van der Waals surface area contributed by atoms with Crippen LogP contribution in [0.1, 0.15) is 51.4 Å². The number of aliphatic carboxylic acids is 2. The van der Waals surface area contributed by atoms with E-state index in [1.807, 2.05) is 33.3 Å². The van der Waals surface area contributed by atoms with Crippen LogP contribution in [-0.4, -0.2) is 61.3 Å². The average Bonchev–Trinajstić information content (AvgIpc) is 2.56. The molecule has 0 radical (unpaired) electrons. The molecule has 164 valence electrons. The lowest BCUT2D eigenvalue weighted by atomic mass is 10.2. The molecule has 0 aromatic heterocycles. The maximum absolute atomic E-state index is 11.9. The molecule has 0 spiro atoms. The maximum atomic E-state index is 11.9. The Morgan fingerprint density at radius 1 is 0.931 bits per heavy atom. The van der Waals surface area contributed by atoms with Crippen LogP contribution in [0.5, 0.6) is 0 Å². The summed E-state index contributed by atoms with van der Waals surface area (Å²) in [6.07, 6.45) is 15.2. The number of hydrogen-bond donors (Lipinski definition) is 1. The molecule has 0 aliphatic rings. The van der Waals surface area contributed by atoms with Crippen LogP contribution in [0.2, 0.25) is 0 Å². The van der Waals surface area contributed by atoms with Crippen LogP contribution < -0.4 is 5.11 Å². The number of allylic oxidation sites excluding steroid dienone is 5. The van der Waals surface area contributed by atoms with Crippen LogP contribution in [0.15, 0.2) is 36.5 Å². The van der Waals surface area contributed by atoms with Crippen molar-refractivity contribution in [1.82, 2.24) is 0 Å². The van der Waals surface area contributed by atoms with Crippen molar-refractivity contribution in [3.8, 4) is 0 Å². The largest absolute Gasteiger partial charge is 0.550 e. The lowest BCUT2D eigenvalue weighted by molar-refractivity contribution is -0.873. The van der Waals surface area contributed by atoms with Gasteiger partial charge in [-0.25, -0.2) is 4.79 Å². The number of ether oxygens (including phenoxy) is 1. The Morgan fingerprint density at radius 2 is 1.45 bits per heavy atom. The normalized spacial score (nSPS) is 13.3. The SMILES string of the molecule is C[N+](C)(C)CC(CC(=O)[O-])OC(=O)/C=C/CC/C=C/CC/C=C/CCCC(=O)O. The molecule has 0 aliphatic carbocycles. The van der Waals surface area contributed by atoms with Crippen LogP contribution in [0.3, 0.4) is 0 Å². The monoisotopic (exact) mass is 409 g/mol. The summed E-state index contributed by atoms with van der Waals surface area (Å²) in [6, 6.07) is 0. The Hall–Kier alpha value is -2.41. The zero-order valence-electron chi connectivity index (χ0n) is 17.8. The number of carboxylic acids is 2. The molecule has 0 aromatic carbocycles. The Bertz CT molecular complexity index is 587. The first-order valence-electron chi connectivity index (χ1n) is 9.99. The molecule has 0 saturated heterocycles. The van der Waals surface area contributed by atoms with Gasteiger partial charge in [-0.2, -0.15) is 0 Å². The Balaban J connectivity index is 3.97. The molecule has 0 rings (SSSR count). The molecule has 7 heteroatoms. The molecule has 0 heterocycles. The highest BCUT2D eigenvalue weighted by molar-refractivity contribution is 5.82. The van der Waals surface area contributed by atoms with Crippen LogP contribution in [0.4, 0.5) is 0 Å². The molecular weight excluding hydrogens is 374 g/mol. The van der Waals surface area contributed by atoms with E-state index in [1.165, 1.54) is 6.08 Å². The minimum absolute atomic E-state index is 0.207. The molecule has 29 heavy (non-hydrogen) atoms. The fourth-order valence-electron chi connectivity index (χ4n) is 2.55. The third-order valence-corrected chi connectivity index (χ3v) is 3.78. The van der Waals surface area contributed by atoms with Gasteiger partial charge in [-0.15, -0.1) is 0 Å². The molecule has 0 bridgehead atoms. The smallest absolute Gasteiger partial charge is 0.330 e. The molecule has 0 saturated carbocycles. The number of carbonyl (C=O) groups is 3. The fraction of sp³-hybridized carbons (Fsp3) is 0.591. The van der Waals surface area contributed by atoms with E-state index >= 15 is 0 Å². The predicted molar refractivity (Wildman–Crippen MR) is 110 cm³/mol. The van der Waals surface area contributed by atoms with E-state index in [9.17, 15) is 19.5 Å². The van der Waals surface area contributed by atoms with Gasteiger partial charge in [-0.1, -0.05) is 30.4 Å². The van der Waals surface area contributed by atoms with Crippen LogP contribution in [0.25, 0.3) is 0 Å². The van der Waals surface area contributed by atoms with Gasteiger partial charge >= 0.3 is 11.9 Å². The van der Waals surface area contributed by atoms with Crippen molar-refractivity contribution in [3.63, 3.8) is 0 Å². The first kappa shape index (κ1) is 26.6. The van der Waals surface area contributed by atoms with Crippen molar-refractivity contribution < 1.29 is 33.8 Å². The summed E-state index contributed by atoms with van der Waals surface area (Å²) < 4.78 is 5.71. The molecule has 0 fully saturated rings. The number of carboxylic acid groups (broad SMARTS) is 2. The van der Waals surface area contributed by atoms with E-state index in [0.29, 0.717) is 23.9 Å². The van der Waals surface area contributed by atoms with Crippen LogP contribution in [-0.2, 0) is 19.1 Å². The van der Waals surface area contributed by atoms with Gasteiger partial charge in [-0.05, 0) is 38.5 Å². The summed E-state index contributed by atoms with van der Waals surface area (Å²) in [4.78, 5) is 33.0. The highest BCUT2D eigenvalue weighted by Crippen LogP contribution is 2.06. The van der Waals surface area contributed by atoms with Crippen LogP contribution >= 0.6 is 0 Å². The molecule has 1 N–H and O–H groups in total. The number of carbonyl (C=O) groups excluding carboxylic acids is 2. The first-order chi connectivity index (χ1) is 13.6. The lowest BCUT2D eigenvalue weighted by Gasteiger charge is -2.29. The zero-order chi connectivity index (χ0) is 22.1. The van der Waals surface area contributed by atoms with Crippen molar-refractivity contribution in [2.75, 3.05) is 27.7 Å².